The lowest BCUT2D eigenvalue weighted by atomic mass is 10.1. The van der Waals surface area contributed by atoms with Gasteiger partial charge >= 0.3 is 11.9 Å². The molecule has 0 spiro atoms. The van der Waals surface area contributed by atoms with Gasteiger partial charge in [0.25, 0.3) is 0 Å². The summed E-state index contributed by atoms with van der Waals surface area (Å²) in [6, 6.07) is -0.546. The average Bonchev–Trinajstić information content (AvgIpc) is 3.05. The number of hydrogen-bond acceptors (Lipinski definition) is 5. The third kappa shape index (κ3) is 8.33. The number of carbonyl (C=O) groups excluding carboxylic acids is 2. The van der Waals surface area contributed by atoms with E-state index in [1.165, 1.54) is 13.8 Å². The number of amides is 2. The van der Waals surface area contributed by atoms with Crippen LogP contribution in [-0.4, -0.2) is 60.6 Å². The van der Waals surface area contributed by atoms with Crippen LogP contribution >= 0.6 is 0 Å². The molecule has 4 N–H and O–H groups in total. The minimum atomic E-state index is -1.60. The minimum Gasteiger partial charge on any atom is -0.480 e. The lowest BCUT2D eigenvalue weighted by Gasteiger charge is -2.13. The van der Waals surface area contributed by atoms with Crippen LogP contribution in [0, 0.1) is 0 Å². The second-order valence-corrected chi connectivity index (χ2v) is 7.77. The summed E-state index contributed by atoms with van der Waals surface area (Å²) in [5.41, 5.74) is 0. The number of carboxylic acids is 2. The molecule has 0 aliphatic carbocycles. The van der Waals surface area contributed by atoms with Crippen LogP contribution < -0.4 is 10.6 Å². The summed E-state index contributed by atoms with van der Waals surface area (Å²) >= 11 is 0. The zero-order chi connectivity index (χ0) is 21.3. The van der Waals surface area contributed by atoms with E-state index >= 15 is 0 Å². The molecule has 0 radical (unpaired) electrons. The van der Waals surface area contributed by atoms with Crippen LogP contribution in [-0.2, 0) is 36.5 Å². The fourth-order valence-electron chi connectivity index (χ4n) is 2.51. The summed E-state index contributed by atoms with van der Waals surface area (Å²) in [5, 5.41) is 22.7. The molecule has 156 valence electrons. The van der Waals surface area contributed by atoms with Gasteiger partial charge in [-0.3, -0.25) is 13.8 Å². The summed E-state index contributed by atoms with van der Waals surface area (Å²) in [6.07, 6.45) is 4.84. The summed E-state index contributed by atoms with van der Waals surface area (Å²) < 4.78 is 14.1. The number of carbonyl (C=O) groups is 4. The maximum atomic E-state index is 12.3. The van der Waals surface area contributed by atoms with Gasteiger partial charge in [0, 0.05) is 32.8 Å². The van der Waals surface area contributed by atoms with E-state index in [9.17, 15) is 23.4 Å². The zero-order valence-electron chi connectivity index (χ0n) is 15.7. The van der Waals surface area contributed by atoms with Crippen molar-refractivity contribution in [2.45, 2.75) is 56.6 Å². The Kier molecular flexibility index (Phi) is 9.36. The van der Waals surface area contributed by atoms with Gasteiger partial charge in [-0.2, -0.15) is 0 Å². The SMILES string of the molecule is CC(=O)NC(CCCCn1ccc(S(=O)C[C@H](NC(C)=O)C(=O)O)c1)C(=O)O. The molecule has 0 aromatic carbocycles. The van der Waals surface area contributed by atoms with Gasteiger partial charge in [-0.1, -0.05) is 0 Å². The highest BCUT2D eigenvalue weighted by Gasteiger charge is 2.22. The topological polar surface area (TPSA) is 155 Å². The highest BCUT2D eigenvalue weighted by Crippen LogP contribution is 2.11. The van der Waals surface area contributed by atoms with Gasteiger partial charge in [0.1, 0.15) is 12.1 Å². The second-order valence-electron chi connectivity index (χ2n) is 6.28. The maximum absolute atomic E-state index is 12.3. The first-order valence-corrected chi connectivity index (χ1v) is 9.96. The normalized spacial score (nSPS) is 13.9. The van der Waals surface area contributed by atoms with Crippen molar-refractivity contribution in [3.8, 4) is 0 Å². The van der Waals surface area contributed by atoms with E-state index in [0.29, 0.717) is 30.7 Å². The van der Waals surface area contributed by atoms with E-state index in [2.05, 4.69) is 10.6 Å². The van der Waals surface area contributed by atoms with Crippen LogP contribution in [0.5, 0.6) is 0 Å². The van der Waals surface area contributed by atoms with E-state index in [-0.39, 0.29) is 5.75 Å². The number of aryl methyl sites for hydroxylation is 1. The highest BCUT2D eigenvalue weighted by molar-refractivity contribution is 7.85. The number of carboxylic acid groups (broad SMARTS) is 2. The van der Waals surface area contributed by atoms with Gasteiger partial charge in [0.05, 0.1) is 21.4 Å². The zero-order valence-corrected chi connectivity index (χ0v) is 16.5. The Morgan fingerprint density at radius 3 is 2.14 bits per heavy atom. The van der Waals surface area contributed by atoms with Gasteiger partial charge in [0.2, 0.25) is 11.8 Å². The first kappa shape index (κ1) is 23.3. The van der Waals surface area contributed by atoms with Gasteiger partial charge < -0.3 is 25.4 Å². The largest absolute Gasteiger partial charge is 0.480 e. The van der Waals surface area contributed by atoms with Gasteiger partial charge in [-0.05, 0) is 25.3 Å². The molecule has 1 aromatic rings. The average molecular weight is 415 g/mol. The van der Waals surface area contributed by atoms with E-state index in [4.69, 9.17) is 10.2 Å². The number of unbranched alkanes of at least 4 members (excludes halogenated alkanes) is 1. The molecule has 1 aromatic heterocycles. The van der Waals surface area contributed by atoms with Crippen LogP contribution in [0.15, 0.2) is 23.4 Å². The van der Waals surface area contributed by atoms with Gasteiger partial charge in [-0.25, -0.2) is 9.59 Å². The molecule has 1 rings (SSSR count). The molecule has 0 saturated heterocycles. The molecule has 2 amide bonds. The fourth-order valence-corrected chi connectivity index (χ4v) is 3.69. The van der Waals surface area contributed by atoms with E-state index in [1.807, 2.05) is 0 Å². The van der Waals surface area contributed by atoms with Crippen LogP contribution in [0.25, 0.3) is 0 Å². The van der Waals surface area contributed by atoms with Crippen molar-refractivity contribution in [1.82, 2.24) is 15.2 Å². The van der Waals surface area contributed by atoms with E-state index < -0.39 is 46.6 Å². The van der Waals surface area contributed by atoms with Crippen molar-refractivity contribution < 1.29 is 33.6 Å². The second kappa shape index (κ2) is 11.2. The number of nitrogens with zero attached hydrogens (tertiary/aromatic N) is 1. The molecule has 3 atom stereocenters. The van der Waals surface area contributed by atoms with Crippen molar-refractivity contribution in [2.24, 2.45) is 0 Å². The molecule has 0 aliphatic heterocycles. The lowest BCUT2D eigenvalue weighted by molar-refractivity contribution is -0.141. The summed E-state index contributed by atoms with van der Waals surface area (Å²) in [6.45, 7) is 3.01. The number of aromatic nitrogens is 1. The Balaban J connectivity index is 2.52. The predicted molar refractivity (Wildman–Crippen MR) is 100 cm³/mol. The molecule has 0 saturated carbocycles. The molecule has 1 heterocycles. The van der Waals surface area contributed by atoms with Crippen LogP contribution in [0.2, 0.25) is 0 Å². The number of aliphatic carboxylic acids is 2. The molecule has 2 unspecified atom stereocenters. The third-order valence-corrected chi connectivity index (χ3v) is 5.22. The van der Waals surface area contributed by atoms with Gasteiger partial charge in [0.15, 0.2) is 0 Å². The molecular weight excluding hydrogens is 390 g/mol. The fraction of sp³-hybridized carbons (Fsp3) is 0.529. The first-order valence-electron chi connectivity index (χ1n) is 8.64. The van der Waals surface area contributed by atoms with Crippen molar-refractivity contribution >= 4 is 34.6 Å². The van der Waals surface area contributed by atoms with Gasteiger partial charge in [-0.15, -0.1) is 0 Å². The smallest absolute Gasteiger partial charge is 0.327 e. The maximum Gasteiger partial charge on any atom is 0.327 e. The summed E-state index contributed by atoms with van der Waals surface area (Å²) in [4.78, 5) is 44.7. The summed E-state index contributed by atoms with van der Waals surface area (Å²) in [5.74, 6) is -3.49. The van der Waals surface area contributed by atoms with E-state index in [1.54, 1.807) is 23.0 Å². The minimum absolute atomic E-state index is 0.240. The number of rotatable bonds is 12. The Morgan fingerprint density at radius 2 is 1.61 bits per heavy atom. The number of hydrogen-bond donors (Lipinski definition) is 4. The van der Waals surface area contributed by atoms with Crippen molar-refractivity contribution in [2.75, 3.05) is 5.75 Å². The highest BCUT2D eigenvalue weighted by atomic mass is 32.2. The molecule has 0 aliphatic rings. The van der Waals surface area contributed by atoms with Crippen LogP contribution in [0.3, 0.4) is 0 Å². The Labute approximate surface area is 164 Å². The Bertz CT molecular complexity index is 747. The monoisotopic (exact) mass is 415 g/mol. The molecule has 10 nitrogen and oxygen atoms in total. The Morgan fingerprint density at radius 1 is 1.04 bits per heavy atom. The Hall–Kier alpha value is -2.69. The molecule has 11 heteroatoms. The van der Waals surface area contributed by atoms with Crippen molar-refractivity contribution in [3.05, 3.63) is 18.5 Å². The van der Waals surface area contributed by atoms with Crippen LogP contribution in [0.4, 0.5) is 0 Å². The molecule has 0 bridgehead atoms. The molecule has 28 heavy (non-hydrogen) atoms. The standard InChI is InChI=1S/C17H25N3O7S/c1-11(21)18-14(16(23)24)5-3-4-7-20-8-6-13(9-20)28(27)10-15(17(25)26)19-12(2)22/h6,8-9,14-15H,3-5,7,10H2,1-2H3,(H,18,21)(H,19,22)(H,23,24)(H,25,26)/t14?,15-,28?/m0/s1. The summed E-state index contributed by atoms with van der Waals surface area (Å²) in [7, 11) is -1.60. The van der Waals surface area contributed by atoms with Crippen molar-refractivity contribution in [1.29, 1.82) is 0 Å². The molecular formula is C17H25N3O7S. The van der Waals surface area contributed by atoms with E-state index in [0.717, 1.165) is 0 Å². The lowest BCUT2D eigenvalue weighted by Crippen LogP contribution is -2.43. The molecule has 0 fully saturated rings. The van der Waals surface area contributed by atoms with Crippen LogP contribution in [0.1, 0.15) is 33.1 Å². The first-order chi connectivity index (χ1) is 13.1. The third-order valence-electron chi connectivity index (χ3n) is 3.81. The quantitative estimate of drug-likeness (QED) is 0.349. The van der Waals surface area contributed by atoms with Crippen molar-refractivity contribution in [3.63, 3.8) is 0 Å². The number of nitrogens with one attached hydrogen (secondary N) is 2. The predicted octanol–water partition coefficient (Wildman–Crippen LogP) is -0.0554.